The molecule has 4 heteroatoms. The van der Waals surface area contributed by atoms with Crippen molar-refractivity contribution in [2.45, 2.75) is 26.4 Å². The third-order valence-corrected chi connectivity index (χ3v) is 3.82. The van der Waals surface area contributed by atoms with Gasteiger partial charge in [-0.05, 0) is 11.1 Å². The molecule has 24 heavy (non-hydrogen) atoms. The van der Waals surface area contributed by atoms with E-state index in [-0.39, 0.29) is 11.8 Å². The normalized spacial score (nSPS) is 11.8. The largest absolute Gasteiger partial charge is 0.467 e. The molecule has 1 unspecified atom stereocenters. The van der Waals surface area contributed by atoms with Crippen LogP contribution in [0.15, 0.2) is 60.7 Å². The van der Waals surface area contributed by atoms with Crippen LogP contribution in [0.25, 0.3) is 0 Å². The Kier molecular flexibility index (Phi) is 6.13. The third kappa shape index (κ3) is 4.22. The lowest BCUT2D eigenvalue weighted by Crippen LogP contribution is -2.41. The van der Waals surface area contributed by atoms with E-state index in [9.17, 15) is 9.59 Å². The smallest absolute Gasteiger partial charge is 0.333 e. The highest BCUT2D eigenvalue weighted by molar-refractivity contribution is 5.86. The van der Waals surface area contributed by atoms with Gasteiger partial charge >= 0.3 is 5.97 Å². The summed E-state index contributed by atoms with van der Waals surface area (Å²) < 4.78 is 4.98. The van der Waals surface area contributed by atoms with Crippen molar-refractivity contribution in [2.24, 2.45) is 5.92 Å². The molecule has 4 nitrogen and oxygen atoms in total. The molecule has 0 saturated heterocycles. The topological polar surface area (TPSA) is 46.6 Å². The van der Waals surface area contributed by atoms with Crippen molar-refractivity contribution in [1.82, 2.24) is 4.90 Å². The Bertz CT molecular complexity index is 668. The van der Waals surface area contributed by atoms with Crippen molar-refractivity contribution in [1.29, 1.82) is 0 Å². The fraction of sp³-hybridized carbons (Fsp3) is 0.300. The zero-order chi connectivity index (χ0) is 17.5. The summed E-state index contributed by atoms with van der Waals surface area (Å²) >= 11 is 0. The first-order valence-electron chi connectivity index (χ1n) is 8.01. The van der Waals surface area contributed by atoms with Crippen molar-refractivity contribution < 1.29 is 14.3 Å². The van der Waals surface area contributed by atoms with Gasteiger partial charge in [0.05, 0.1) is 7.11 Å². The SMILES string of the molecule is COC(=O)C(c1ccccc1)N(Cc1ccccc1)C(=O)C(C)C. The molecule has 0 radical (unpaired) electrons. The number of hydrogen-bond acceptors (Lipinski definition) is 3. The van der Waals surface area contributed by atoms with E-state index in [2.05, 4.69) is 0 Å². The summed E-state index contributed by atoms with van der Waals surface area (Å²) in [4.78, 5) is 26.9. The lowest BCUT2D eigenvalue weighted by atomic mass is 10.0. The molecule has 0 aliphatic rings. The van der Waals surface area contributed by atoms with Crippen LogP contribution in [0, 0.1) is 5.92 Å². The van der Waals surface area contributed by atoms with E-state index >= 15 is 0 Å². The van der Waals surface area contributed by atoms with Crippen molar-refractivity contribution in [3.8, 4) is 0 Å². The predicted molar refractivity (Wildman–Crippen MR) is 93.0 cm³/mol. The lowest BCUT2D eigenvalue weighted by molar-refractivity contribution is -0.155. The van der Waals surface area contributed by atoms with Crippen LogP contribution in [-0.4, -0.2) is 23.9 Å². The number of ether oxygens (including phenoxy) is 1. The molecule has 126 valence electrons. The molecule has 0 aromatic heterocycles. The Morgan fingerprint density at radius 1 is 0.958 bits per heavy atom. The number of carbonyl (C=O) groups excluding carboxylic acids is 2. The molecular weight excluding hydrogens is 302 g/mol. The first kappa shape index (κ1) is 17.7. The predicted octanol–water partition coefficient (Wildman–Crippen LogP) is 3.59. The van der Waals surface area contributed by atoms with Gasteiger partial charge in [0.2, 0.25) is 5.91 Å². The second-order valence-corrected chi connectivity index (χ2v) is 5.94. The van der Waals surface area contributed by atoms with Crippen molar-refractivity contribution >= 4 is 11.9 Å². The molecule has 2 rings (SSSR count). The molecule has 0 fully saturated rings. The van der Waals surface area contributed by atoms with Crippen LogP contribution in [0.5, 0.6) is 0 Å². The van der Waals surface area contributed by atoms with Gasteiger partial charge in [0, 0.05) is 12.5 Å². The summed E-state index contributed by atoms with van der Waals surface area (Å²) in [5.41, 5.74) is 1.71. The highest BCUT2D eigenvalue weighted by Crippen LogP contribution is 2.26. The second kappa shape index (κ2) is 8.29. The number of amides is 1. The quantitative estimate of drug-likeness (QED) is 0.763. The van der Waals surface area contributed by atoms with Crippen LogP contribution in [0.4, 0.5) is 0 Å². The Balaban J connectivity index is 2.44. The third-order valence-electron chi connectivity index (χ3n) is 3.82. The minimum atomic E-state index is -0.758. The molecule has 2 aromatic carbocycles. The van der Waals surface area contributed by atoms with Crippen molar-refractivity contribution in [3.63, 3.8) is 0 Å². The first-order valence-corrected chi connectivity index (χ1v) is 8.01. The van der Waals surface area contributed by atoms with Gasteiger partial charge in [-0.15, -0.1) is 0 Å². The number of esters is 1. The van der Waals surface area contributed by atoms with E-state index in [4.69, 9.17) is 4.74 Å². The number of hydrogen-bond donors (Lipinski definition) is 0. The highest BCUT2D eigenvalue weighted by atomic mass is 16.5. The van der Waals surface area contributed by atoms with Gasteiger partial charge in [0.1, 0.15) is 0 Å². The number of carbonyl (C=O) groups is 2. The van der Waals surface area contributed by atoms with Crippen molar-refractivity contribution in [2.75, 3.05) is 7.11 Å². The second-order valence-electron chi connectivity index (χ2n) is 5.94. The fourth-order valence-corrected chi connectivity index (χ4v) is 2.60. The van der Waals surface area contributed by atoms with Crippen LogP contribution in [0.3, 0.4) is 0 Å². The van der Waals surface area contributed by atoms with Crippen LogP contribution in [0.2, 0.25) is 0 Å². The molecule has 0 heterocycles. The summed E-state index contributed by atoms with van der Waals surface area (Å²) in [7, 11) is 1.35. The van der Waals surface area contributed by atoms with E-state index in [1.807, 2.05) is 74.5 Å². The fourth-order valence-electron chi connectivity index (χ4n) is 2.60. The molecule has 0 saturated carbocycles. The summed E-state index contributed by atoms with van der Waals surface area (Å²) in [5, 5.41) is 0. The molecule has 1 atom stereocenters. The summed E-state index contributed by atoms with van der Waals surface area (Å²) in [6.07, 6.45) is 0. The van der Waals surface area contributed by atoms with Gasteiger partial charge in [-0.1, -0.05) is 74.5 Å². The lowest BCUT2D eigenvalue weighted by Gasteiger charge is -2.31. The Morgan fingerprint density at radius 2 is 1.50 bits per heavy atom. The summed E-state index contributed by atoms with van der Waals surface area (Å²) in [6.45, 7) is 4.02. The number of rotatable bonds is 6. The van der Waals surface area contributed by atoms with E-state index in [0.717, 1.165) is 11.1 Å². The van der Waals surface area contributed by atoms with E-state index in [1.165, 1.54) is 7.11 Å². The average Bonchev–Trinajstić information content (AvgIpc) is 2.62. The highest BCUT2D eigenvalue weighted by Gasteiger charge is 2.33. The molecule has 2 aromatic rings. The Labute approximate surface area is 143 Å². The van der Waals surface area contributed by atoms with Gasteiger partial charge in [-0.2, -0.15) is 0 Å². The maximum absolute atomic E-state index is 12.8. The Hall–Kier alpha value is -2.62. The van der Waals surface area contributed by atoms with Gasteiger partial charge < -0.3 is 9.64 Å². The molecule has 0 aliphatic carbocycles. The van der Waals surface area contributed by atoms with E-state index in [1.54, 1.807) is 4.90 Å². The van der Waals surface area contributed by atoms with Crippen LogP contribution < -0.4 is 0 Å². The average molecular weight is 325 g/mol. The van der Waals surface area contributed by atoms with Crippen LogP contribution in [-0.2, 0) is 20.9 Å². The van der Waals surface area contributed by atoms with Gasteiger partial charge in [-0.3, -0.25) is 4.79 Å². The summed E-state index contributed by atoms with van der Waals surface area (Å²) in [5.74, 6) is -0.742. The molecular formula is C20H23NO3. The monoisotopic (exact) mass is 325 g/mol. The van der Waals surface area contributed by atoms with Gasteiger partial charge in [0.15, 0.2) is 6.04 Å². The molecule has 0 bridgehead atoms. The van der Waals surface area contributed by atoms with Gasteiger partial charge in [0.25, 0.3) is 0 Å². The van der Waals surface area contributed by atoms with E-state index < -0.39 is 12.0 Å². The summed E-state index contributed by atoms with van der Waals surface area (Å²) in [6, 6.07) is 18.2. The van der Waals surface area contributed by atoms with Gasteiger partial charge in [-0.25, -0.2) is 4.79 Å². The molecule has 0 N–H and O–H groups in total. The first-order chi connectivity index (χ1) is 11.5. The van der Waals surface area contributed by atoms with Crippen molar-refractivity contribution in [3.05, 3.63) is 71.8 Å². The zero-order valence-corrected chi connectivity index (χ0v) is 14.3. The number of benzene rings is 2. The molecule has 1 amide bonds. The van der Waals surface area contributed by atoms with Crippen LogP contribution in [0.1, 0.15) is 31.0 Å². The minimum absolute atomic E-state index is 0.0851. The van der Waals surface area contributed by atoms with E-state index in [0.29, 0.717) is 6.54 Å². The zero-order valence-electron chi connectivity index (χ0n) is 14.3. The number of nitrogens with zero attached hydrogens (tertiary/aromatic N) is 1. The maximum Gasteiger partial charge on any atom is 0.333 e. The maximum atomic E-state index is 12.8. The minimum Gasteiger partial charge on any atom is -0.467 e. The molecule has 0 spiro atoms. The molecule has 0 aliphatic heterocycles. The standard InChI is InChI=1S/C20H23NO3/c1-15(2)19(22)21(14-16-10-6-4-7-11-16)18(20(23)24-3)17-12-8-5-9-13-17/h4-13,15,18H,14H2,1-3H3. The Morgan fingerprint density at radius 3 is 2.00 bits per heavy atom. The number of methoxy groups -OCH3 is 1. The van der Waals surface area contributed by atoms with Crippen LogP contribution >= 0.6 is 0 Å².